The molecule has 1 aromatic carbocycles. The topological polar surface area (TPSA) is 15.3 Å². The molecule has 0 spiro atoms. The first-order valence-corrected chi connectivity index (χ1v) is 7.26. The molecule has 1 aliphatic rings. The maximum atomic E-state index is 3.49. The van der Waals surface area contributed by atoms with Crippen molar-refractivity contribution in [1.29, 1.82) is 0 Å². The van der Waals surface area contributed by atoms with Crippen molar-refractivity contribution in [1.82, 2.24) is 5.32 Å². The number of fused-ring (bicyclic) bond motifs is 1. The van der Waals surface area contributed by atoms with E-state index in [1.807, 2.05) is 0 Å². The summed E-state index contributed by atoms with van der Waals surface area (Å²) in [6.07, 6.45) is 3.75. The maximum absolute atomic E-state index is 3.49. The first-order valence-electron chi connectivity index (χ1n) is 7.26. The van der Waals surface area contributed by atoms with Crippen LogP contribution in [-0.2, 0) is 6.42 Å². The highest BCUT2D eigenvalue weighted by Gasteiger charge is 2.22. The third kappa shape index (κ3) is 3.26. The molecule has 2 rings (SSSR count). The zero-order valence-electron chi connectivity index (χ0n) is 11.9. The lowest BCUT2D eigenvalue weighted by atomic mass is 10.1. The van der Waals surface area contributed by atoms with Crippen molar-refractivity contribution in [3.63, 3.8) is 0 Å². The number of hydrogen-bond acceptors (Lipinski definition) is 2. The van der Waals surface area contributed by atoms with E-state index in [1.54, 1.807) is 0 Å². The van der Waals surface area contributed by atoms with Crippen molar-refractivity contribution in [2.75, 3.05) is 18.0 Å². The van der Waals surface area contributed by atoms with Gasteiger partial charge in [-0.1, -0.05) is 32.0 Å². The molecule has 0 aromatic heterocycles. The van der Waals surface area contributed by atoms with Crippen molar-refractivity contribution in [2.24, 2.45) is 0 Å². The van der Waals surface area contributed by atoms with Crippen molar-refractivity contribution in [2.45, 2.75) is 52.1 Å². The van der Waals surface area contributed by atoms with Gasteiger partial charge >= 0.3 is 0 Å². The lowest BCUT2D eigenvalue weighted by Gasteiger charge is -2.27. The van der Waals surface area contributed by atoms with E-state index in [4.69, 9.17) is 0 Å². The molecule has 0 saturated carbocycles. The van der Waals surface area contributed by atoms with Gasteiger partial charge in [-0.2, -0.15) is 0 Å². The van der Waals surface area contributed by atoms with Crippen molar-refractivity contribution in [3.05, 3.63) is 29.8 Å². The summed E-state index contributed by atoms with van der Waals surface area (Å²) in [5, 5.41) is 3.49. The Morgan fingerprint density at radius 2 is 2.00 bits per heavy atom. The Bertz CT molecular complexity index is 373. The van der Waals surface area contributed by atoms with Crippen LogP contribution in [0.5, 0.6) is 0 Å². The molecule has 1 unspecified atom stereocenters. The number of nitrogens with zero attached hydrogens (tertiary/aromatic N) is 1. The van der Waals surface area contributed by atoms with Crippen LogP contribution < -0.4 is 10.2 Å². The fraction of sp³-hybridized carbons (Fsp3) is 0.625. The van der Waals surface area contributed by atoms with Crippen LogP contribution >= 0.6 is 0 Å². The zero-order chi connectivity index (χ0) is 13.0. The van der Waals surface area contributed by atoms with Crippen molar-refractivity contribution < 1.29 is 0 Å². The van der Waals surface area contributed by atoms with Crippen LogP contribution in [0.3, 0.4) is 0 Å². The van der Waals surface area contributed by atoms with Crippen LogP contribution in [0.25, 0.3) is 0 Å². The van der Waals surface area contributed by atoms with Crippen LogP contribution in [0.2, 0.25) is 0 Å². The number of anilines is 1. The van der Waals surface area contributed by atoms with Crippen molar-refractivity contribution in [3.8, 4) is 0 Å². The summed E-state index contributed by atoms with van der Waals surface area (Å²) < 4.78 is 0. The second-order valence-electron chi connectivity index (χ2n) is 5.67. The zero-order valence-corrected chi connectivity index (χ0v) is 11.9. The second kappa shape index (κ2) is 6.24. The van der Waals surface area contributed by atoms with Gasteiger partial charge in [-0.15, -0.1) is 0 Å². The summed E-state index contributed by atoms with van der Waals surface area (Å²) in [6, 6.07) is 10.1. The van der Waals surface area contributed by atoms with E-state index in [-0.39, 0.29) is 0 Å². The molecule has 0 bridgehead atoms. The van der Waals surface area contributed by atoms with Gasteiger partial charge in [-0.3, -0.25) is 0 Å². The molecule has 1 N–H and O–H groups in total. The lowest BCUT2D eigenvalue weighted by molar-refractivity contribution is 0.519. The van der Waals surface area contributed by atoms with E-state index < -0.39 is 0 Å². The number of hydrogen-bond donors (Lipinski definition) is 1. The van der Waals surface area contributed by atoms with Gasteiger partial charge in [-0.25, -0.2) is 0 Å². The van der Waals surface area contributed by atoms with Gasteiger partial charge in [0, 0.05) is 24.3 Å². The van der Waals surface area contributed by atoms with Crippen LogP contribution in [0, 0.1) is 0 Å². The highest BCUT2D eigenvalue weighted by molar-refractivity contribution is 5.58. The van der Waals surface area contributed by atoms with Gasteiger partial charge in [0.15, 0.2) is 0 Å². The van der Waals surface area contributed by atoms with Gasteiger partial charge in [0.1, 0.15) is 0 Å². The Balaban J connectivity index is 1.82. The quantitative estimate of drug-likeness (QED) is 0.775. The van der Waals surface area contributed by atoms with E-state index in [2.05, 4.69) is 55.3 Å². The molecule has 0 saturated heterocycles. The lowest BCUT2D eigenvalue weighted by Crippen LogP contribution is -2.32. The van der Waals surface area contributed by atoms with Crippen LogP contribution in [0.1, 0.15) is 39.2 Å². The Morgan fingerprint density at radius 1 is 1.22 bits per heavy atom. The second-order valence-corrected chi connectivity index (χ2v) is 5.67. The van der Waals surface area contributed by atoms with Crippen LogP contribution in [-0.4, -0.2) is 25.2 Å². The molecule has 1 heterocycles. The summed E-state index contributed by atoms with van der Waals surface area (Å²) in [6.45, 7) is 9.10. The highest BCUT2D eigenvalue weighted by Crippen LogP contribution is 2.30. The number of rotatable bonds is 6. The van der Waals surface area contributed by atoms with Crippen LogP contribution in [0.15, 0.2) is 24.3 Å². The fourth-order valence-electron chi connectivity index (χ4n) is 2.77. The van der Waals surface area contributed by atoms with E-state index in [9.17, 15) is 0 Å². The standard InChI is InChI=1S/C16H26N2/c1-13(2)17-11-6-7-14(3)18-12-10-15-8-4-5-9-16(15)18/h4-5,8-9,13-14,17H,6-7,10-12H2,1-3H3. The fourth-order valence-corrected chi connectivity index (χ4v) is 2.77. The van der Waals surface area contributed by atoms with Gasteiger partial charge in [0.2, 0.25) is 0 Å². The van der Waals surface area contributed by atoms with E-state index >= 15 is 0 Å². The molecule has 1 atom stereocenters. The average Bonchev–Trinajstić information content (AvgIpc) is 2.78. The maximum Gasteiger partial charge on any atom is 0.0401 e. The van der Waals surface area contributed by atoms with E-state index in [0.717, 1.165) is 6.54 Å². The van der Waals surface area contributed by atoms with Gasteiger partial charge < -0.3 is 10.2 Å². The first kappa shape index (κ1) is 13.4. The Kier molecular flexibility index (Phi) is 4.65. The molecule has 1 aromatic rings. The largest absolute Gasteiger partial charge is 0.368 e. The molecule has 2 nitrogen and oxygen atoms in total. The summed E-state index contributed by atoms with van der Waals surface area (Å²) in [5.74, 6) is 0. The van der Waals surface area contributed by atoms with Gasteiger partial charge in [0.25, 0.3) is 0 Å². The summed E-state index contributed by atoms with van der Waals surface area (Å²) in [5.41, 5.74) is 2.98. The Morgan fingerprint density at radius 3 is 2.78 bits per heavy atom. The number of nitrogens with one attached hydrogen (secondary N) is 1. The highest BCUT2D eigenvalue weighted by atomic mass is 15.2. The minimum absolute atomic E-state index is 0.604. The third-order valence-corrected chi connectivity index (χ3v) is 3.81. The summed E-state index contributed by atoms with van der Waals surface area (Å²) in [7, 11) is 0. The molecule has 2 heteroatoms. The molecule has 0 fully saturated rings. The average molecular weight is 246 g/mol. The molecule has 18 heavy (non-hydrogen) atoms. The monoisotopic (exact) mass is 246 g/mol. The molecule has 0 radical (unpaired) electrons. The normalized spacial score (nSPS) is 16.1. The smallest absolute Gasteiger partial charge is 0.0401 e. The predicted octanol–water partition coefficient (Wildman–Crippen LogP) is 3.22. The van der Waals surface area contributed by atoms with E-state index in [1.165, 1.54) is 37.1 Å². The Hall–Kier alpha value is -1.02. The molecule has 0 amide bonds. The molecule has 0 aliphatic carbocycles. The van der Waals surface area contributed by atoms with Crippen LogP contribution in [0.4, 0.5) is 5.69 Å². The predicted molar refractivity (Wildman–Crippen MR) is 79.3 cm³/mol. The van der Waals surface area contributed by atoms with Crippen molar-refractivity contribution >= 4 is 5.69 Å². The molecular weight excluding hydrogens is 220 g/mol. The minimum Gasteiger partial charge on any atom is -0.368 e. The number of para-hydroxylation sites is 1. The molecule has 1 aliphatic heterocycles. The third-order valence-electron chi connectivity index (χ3n) is 3.81. The van der Waals surface area contributed by atoms with Gasteiger partial charge in [-0.05, 0) is 44.4 Å². The summed E-state index contributed by atoms with van der Waals surface area (Å²) in [4.78, 5) is 2.57. The Labute approximate surface area is 111 Å². The molecular formula is C16H26N2. The minimum atomic E-state index is 0.604. The SMILES string of the molecule is CC(C)NCCCC(C)N1CCc2ccccc21. The van der Waals surface area contributed by atoms with Gasteiger partial charge in [0.05, 0.1) is 0 Å². The molecule has 100 valence electrons. The summed E-state index contributed by atoms with van der Waals surface area (Å²) >= 11 is 0. The first-order chi connectivity index (χ1) is 8.68. The number of benzene rings is 1. The van der Waals surface area contributed by atoms with E-state index in [0.29, 0.717) is 12.1 Å².